The van der Waals surface area contributed by atoms with Crippen molar-refractivity contribution in [2.45, 2.75) is 39.5 Å². The van der Waals surface area contributed by atoms with Crippen molar-refractivity contribution in [2.24, 2.45) is 0 Å². The molecule has 2 aromatic rings. The van der Waals surface area contributed by atoms with Crippen molar-refractivity contribution in [3.05, 3.63) is 40.8 Å². The SMILES string of the molecule is Cc1cc(C)c(-c2cnc(C3CCCNC3)[nH]2)c(C)c1. The molecular weight excluding hydrogens is 246 g/mol. The van der Waals surface area contributed by atoms with Gasteiger partial charge in [0, 0.05) is 18.0 Å². The minimum Gasteiger partial charge on any atom is -0.342 e. The van der Waals surface area contributed by atoms with E-state index < -0.39 is 0 Å². The third kappa shape index (κ3) is 2.50. The van der Waals surface area contributed by atoms with Crippen molar-refractivity contribution < 1.29 is 0 Å². The van der Waals surface area contributed by atoms with Gasteiger partial charge in [0.1, 0.15) is 5.82 Å². The second kappa shape index (κ2) is 5.41. The van der Waals surface area contributed by atoms with Crippen molar-refractivity contribution in [2.75, 3.05) is 13.1 Å². The van der Waals surface area contributed by atoms with Crippen LogP contribution < -0.4 is 5.32 Å². The predicted molar refractivity (Wildman–Crippen MR) is 83.1 cm³/mol. The number of aromatic amines is 1. The molecule has 0 bridgehead atoms. The molecule has 1 aliphatic rings. The van der Waals surface area contributed by atoms with E-state index in [-0.39, 0.29) is 0 Å². The number of H-pyrrole nitrogens is 1. The number of nitrogens with zero attached hydrogens (tertiary/aromatic N) is 1. The van der Waals surface area contributed by atoms with Crippen molar-refractivity contribution in [3.63, 3.8) is 0 Å². The zero-order valence-electron chi connectivity index (χ0n) is 12.6. The molecular formula is C17H23N3. The van der Waals surface area contributed by atoms with Crippen LogP contribution in [0.2, 0.25) is 0 Å². The number of piperidine rings is 1. The Hall–Kier alpha value is -1.61. The maximum absolute atomic E-state index is 4.63. The number of rotatable bonds is 2. The number of nitrogens with one attached hydrogen (secondary N) is 2. The van der Waals surface area contributed by atoms with Gasteiger partial charge in [-0.1, -0.05) is 17.7 Å². The number of imidazole rings is 1. The Morgan fingerprint density at radius 2 is 1.90 bits per heavy atom. The molecule has 0 radical (unpaired) electrons. The molecule has 1 unspecified atom stereocenters. The van der Waals surface area contributed by atoms with Gasteiger partial charge in [-0.05, 0) is 51.3 Å². The monoisotopic (exact) mass is 269 g/mol. The van der Waals surface area contributed by atoms with E-state index in [1.165, 1.54) is 35.1 Å². The molecule has 0 amide bonds. The molecule has 20 heavy (non-hydrogen) atoms. The van der Waals surface area contributed by atoms with Crippen LogP contribution >= 0.6 is 0 Å². The Bertz CT molecular complexity index is 583. The highest BCUT2D eigenvalue weighted by atomic mass is 15.0. The molecule has 1 saturated heterocycles. The van der Waals surface area contributed by atoms with Gasteiger partial charge in [-0.3, -0.25) is 0 Å². The molecule has 1 atom stereocenters. The summed E-state index contributed by atoms with van der Waals surface area (Å²) in [4.78, 5) is 8.17. The van der Waals surface area contributed by atoms with Crippen LogP contribution in [0.3, 0.4) is 0 Å². The van der Waals surface area contributed by atoms with Crippen LogP contribution in [0, 0.1) is 20.8 Å². The van der Waals surface area contributed by atoms with Gasteiger partial charge in [0.2, 0.25) is 0 Å². The minimum absolute atomic E-state index is 0.531. The average Bonchev–Trinajstić information content (AvgIpc) is 2.88. The topological polar surface area (TPSA) is 40.7 Å². The summed E-state index contributed by atoms with van der Waals surface area (Å²) >= 11 is 0. The number of aryl methyl sites for hydroxylation is 3. The minimum atomic E-state index is 0.531. The molecule has 2 N–H and O–H groups in total. The fourth-order valence-electron chi connectivity index (χ4n) is 3.36. The normalized spacial score (nSPS) is 19.2. The second-order valence-corrected chi connectivity index (χ2v) is 6.00. The Labute approximate surface area is 120 Å². The van der Waals surface area contributed by atoms with Crippen LogP contribution in [0.4, 0.5) is 0 Å². The van der Waals surface area contributed by atoms with E-state index in [1.807, 2.05) is 6.20 Å². The van der Waals surface area contributed by atoms with Gasteiger partial charge in [-0.2, -0.15) is 0 Å². The van der Waals surface area contributed by atoms with E-state index in [1.54, 1.807) is 0 Å². The molecule has 1 aromatic carbocycles. The lowest BCUT2D eigenvalue weighted by molar-refractivity contribution is 0.449. The summed E-state index contributed by atoms with van der Waals surface area (Å²) in [5.41, 5.74) is 6.41. The standard InChI is InChI=1S/C17H23N3/c1-11-7-12(2)16(13(3)8-11)15-10-19-17(20-15)14-5-4-6-18-9-14/h7-8,10,14,18H,4-6,9H2,1-3H3,(H,19,20). The fraction of sp³-hybridized carbons (Fsp3) is 0.471. The summed E-state index contributed by atoms with van der Waals surface area (Å²) in [5.74, 6) is 1.66. The van der Waals surface area contributed by atoms with E-state index in [0.29, 0.717) is 5.92 Å². The maximum Gasteiger partial charge on any atom is 0.110 e. The lowest BCUT2D eigenvalue weighted by Crippen LogP contribution is -2.28. The van der Waals surface area contributed by atoms with E-state index in [2.05, 4.69) is 48.2 Å². The lowest BCUT2D eigenvalue weighted by atomic mass is 9.97. The zero-order chi connectivity index (χ0) is 14.1. The smallest absolute Gasteiger partial charge is 0.110 e. The van der Waals surface area contributed by atoms with Crippen LogP contribution in [0.25, 0.3) is 11.3 Å². The van der Waals surface area contributed by atoms with E-state index >= 15 is 0 Å². The Balaban J connectivity index is 1.94. The molecule has 3 heteroatoms. The van der Waals surface area contributed by atoms with Crippen LogP contribution in [-0.2, 0) is 0 Å². The highest BCUT2D eigenvalue weighted by Crippen LogP contribution is 2.29. The van der Waals surface area contributed by atoms with Crippen LogP contribution in [0.15, 0.2) is 18.3 Å². The van der Waals surface area contributed by atoms with Gasteiger partial charge in [-0.25, -0.2) is 4.98 Å². The van der Waals surface area contributed by atoms with E-state index in [0.717, 1.165) is 24.6 Å². The molecule has 1 aromatic heterocycles. The molecule has 2 heterocycles. The molecule has 1 aliphatic heterocycles. The van der Waals surface area contributed by atoms with Crippen molar-refractivity contribution in [1.82, 2.24) is 15.3 Å². The largest absolute Gasteiger partial charge is 0.342 e. The fourth-order valence-corrected chi connectivity index (χ4v) is 3.36. The first-order valence-corrected chi connectivity index (χ1v) is 7.49. The molecule has 3 nitrogen and oxygen atoms in total. The summed E-state index contributed by atoms with van der Waals surface area (Å²) in [6.07, 6.45) is 4.46. The number of benzene rings is 1. The van der Waals surface area contributed by atoms with Gasteiger partial charge in [0.15, 0.2) is 0 Å². The van der Waals surface area contributed by atoms with Crippen LogP contribution in [0.1, 0.15) is 41.3 Å². The molecule has 0 spiro atoms. The maximum atomic E-state index is 4.63. The molecule has 0 saturated carbocycles. The highest BCUT2D eigenvalue weighted by Gasteiger charge is 2.19. The first-order valence-electron chi connectivity index (χ1n) is 7.49. The Kier molecular flexibility index (Phi) is 3.62. The number of hydrogen-bond donors (Lipinski definition) is 2. The summed E-state index contributed by atoms with van der Waals surface area (Å²) in [6.45, 7) is 8.69. The first-order chi connectivity index (χ1) is 9.65. The van der Waals surface area contributed by atoms with Gasteiger partial charge in [-0.15, -0.1) is 0 Å². The predicted octanol–water partition coefficient (Wildman–Crippen LogP) is 3.47. The average molecular weight is 269 g/mol. The Morgan fingerprint density at radius 1 is 1.15 bits per heavy atom. The van der Waals surface area contributed by atoms with Gasteiger partial charge in [0.25, 0.3) is 0 Å². The highest BCUT2D eigenvalue weighted by molar-refractivity contribution is 5.67. The summed E-state index contributed by atoms with van der Waals surface area (Å²) < 4.78 is 0. The zero-order valence-corrected chi connectivity index (χ0v) is 12.6. The van der Waals surface area contributed by atoms with Gasteiger partial charge in [0.05, 0.1) is 11.9 Å². The number of hydrogen-bond acceptors (Lipinski definition) is 2. The van der Waals surface area contributed by atoms with Crippen molar-refractivity contribution in [3.8, 4) is 11.3 Å². The molecule has 3 rings (SSSR count). The second-order valence-electron chi connectivity index (χ2n) is 6.00. The summed E-state index contributed by atoms with van der Waals surface area (Å²) in [7, 11) is 0. The first kappa shape index (κ1) is 13.4. The molecule has 0 aliphatic carbocycles. The van der Waals surface area contributed by atoms with Crippen molar-refractivity contribution in [1.29, 1.82) is 0 Å². The third-order valence-electron chi connectivity index (χ3n) is 4.23. The summed E-state index contributed by atoms with van der Waals surface area (Å²) in [6, 6.07) is 4.48. The van der Waals surface area contributed by atoms with E-state index in [4.69, 9.17) is 0 Å². The lowest BCUT2D eigenvalue weighted by Gasteiger charge is -2.20. The quantitative estimate of drug-likeness (QED) is 0.876. The van der Waals surface area contributed by atoms with Gasteiger partial charge >= 0.3 is 0 Å². The van der Waals surface area contributed by atoms with Crippen LogP contribution in [-0.4, -0.2) is 23.1 Å². The summed E-state index contributed by atoms with van der Waals surface area (Å²) in [5, 5.41) is 3.45. The molecule has 1 fully saturated rings. The Morgan fingerprint density at radius 3 is 2.55 bits per heavy atom. The van der Waals surface area contributed by atoms with E-state index in [9.17, 15) is 0 Å². The third-order valence-corrected chi connectivity index (χ3v) is 4.23. The van der Waals surface area contributed by atoms with Gasteiger partial charge < -0.3 is 10.3 Å². The molecule has 106 valence electrons. The number of aromatic nitrogens is 2. The van der Waals surface area contributed by atoms with Crippen molar-refractivity contribution >= 4 is 0 Å². The van der Waals surface area contributed by atoms with Crippen LogP contribution in [0.5, 0.6) is 0 Å².